The Morgan fingerprint density at radius 3 is 2.28 bits per heavy atom. The van der Waals surface area contributed by atoms with Gasteiger partial charge < -0.3 is 14.5 Å². The van der Waals surface area contributed by atoms with Crippen LogP contribution in [-0.4, -0.2) is 49.7 Å². The molecule has 0 aromatic heterocycles. The molecule has 1 aromatic rings. The monoisotopic (exact) mass is 506 g/mol. The number of rotatable bonds is 14. The summed E-state index contributed by atoms with van der Waals surface area (Å²) in [4.78, 5) is 4.77. The molecule has 32 heavy (non-hydrogen) atoms. The standard InChI is InChI=1S/C26H41BrN2O.C2H6/c1-8-10-26(21(3)4)29(19-20-30-9-2)23(6)22(5)15-17-28(7)18-16-24-11-13-25(27)14-12-24;1-2/h8,10-14,22H,6,9,15-20H2,1-5,7H3;1-2H3/b10-8-;. The number of halogens is 1. The van der Waals surface area contributed by atoms with Crippen LogP contribution in [0.3, 0.4) is 0 Å². The van der Waals surface area contributed by atoms with E-state index in [-0.39, 0.29) is 0 Å². The number of ether oxygens (including phenoxy) is 1. The van der Waals surface area contributed by atoms with Crippen LogP contribution in [0, 0.1) is 5.92 Å². The minimum absolute atomic E-state index is 0.404. The van der Waals surface area contributed by atoms with Gasteiger partial charge in [0.25, 0.3) is 0 Å². The van der Waals surface area contributed by atoms with E-state index in [1.807, 2.05) is 20.8 Å². The number of benzene rings is 1. The predicted octanol–water partition coefficient (Wildman–Crippen LogP) is 7.70. The Kier molecular flexibility index (Phi) is 17.3. The second kappa shape index (κ2) is 18.1. The first-order valence-electron chi connectivity index (χ1n) is 12.1. The Bertz CT molecular complexity index is 690. The van der Waals surface area contributed by atoms with Crippen LogP contribution in [0.5, 0.6) is 0 Å². The zero-order valence-corrected chi connectivity index (χ0v) is 23.5. The lowest BCUT2D eigenvalue weighted by Gasteiger charge is -2.33. The lowest BCUT2D eigenvalue weighted by Crippen LogP contribution is -2.31. The molecule has 182 valence electrons. The average Bonchev–Trinajstić information content (AvgIpc) is 2.79. The molecular weight excluding hydrogens is 460 g/mol. The van der Waals surface area contributed by atoms with Crippen molar-refractivity contribution >= 4 is 15.9 Å². The van der Waals surface area contributed by atoms with Crippen molar-refractivity contribution in [2.45, 2.75) is 61.3 Å². The summed E-state index contributed by atoms with van der Waals surface area (Å²) in [5.74, 6) is 0.404. The number of nitrogens with zero attached hydrogens (tertiary/aromatic N) is 2. The minimum Gasteiger partial charge on any atom is -0.380 e. The van der Waals surface area contributed by atoms with Crippen LogP contribution in [-0.2, 0) is 11.2 Å². The molecule has 0 bridgehead atoms. The SMILES string of the molecule is C=C(C(C)CCN(C)CCc1ccc(Br)cc1)N(CCOCC)C(/C=C\C)=C(C)C.CC. The molecule has 0 aliphatic rings. The second-order valence-electron chi connectivity index (χ2n) is 8.09. The third-order valence-corrected chi connectivity index (χ3v) is 5.87. The normalized spacial score (nSPS) is 11.8. The second-order valence-corrected chi connectivity index (χ2v) is 9.01. The van der Waals surface area contributed by atoms with Gasteiger partial charge in [0.15, 0.2) is 0 Å². The van der Waals surface area contributed by atoms with Gasteiger partial charge in [-0.2, -0.15) is 0 Å². The molecule has 0 amide bonds. The average molecular weight is 508 g/mol. The molecule has 1 aromatic carbocycles. The van der Waals surface area contributed by atoms with Crippen molar-refractivity contribution in [2.24, 2.45) is 5.92 Å². The zero-order chi connectivity index (χ0) is 24.5. The fraction of sp³-hybridized carbons (Fsp3) is 0.571. The molecule has 0 saturated heterocycles. The molecule has 1 unspecified atom stereocenters. The van der Waals surface area contributed by atoms with Crippen LogP contribution >= 0.6 is 15.9 Å². The van der Waals surface area contributed by atoms with Gasteiger partial charge in [-0.05, 0) is 83.8 Å². The first-order chi connectivity index (χ1) is 15.3. The molecule has 4 heteroatoms. The van der Waals surface area contributed by atoms with Gasteiger partial charge in [-0.15, -0.1) is 0 Å². The predicted molar refractivity (Wildman–Crippen MR) is 146 cm³/mol. The summed E-state index contributed by atoms with van der Waals surface area (Å²) in [6.45, 7) is 23.6. The number of hydrogen-bond acceptors (Lipinski definition) is 3. The third-order valence-electron chi connectivity index (χ3n) is 5.35. The summed E-state index contributed by atoms with van der Waals surface area (Å²) in [7, 11) is 2.21. The van der Waals surface area contributed by atoms with Crippen molar-refractivity contribution in [3.8, 4) is 0 Å². The first kappa shape index (κ1) is 30.6. The molecule has 1 rings (SSSR count). The molecule has 0 N–H and O–H groups in total. The summed E-state index contributed by atoms with van der Waals surface area (Å²) in [6, 6.07) is 8.62. The topological polar surface area (TPSA) is 15.7 Å². The first-order valence-corrected chi connectivity index (χ1v) is 12.9. The van der Waals surface area contributed by atoms with E-state index in [0.717, 1.165) is 43.6 Å². The van der Waals surface area contributed by atoms with Crippen LogP contribution in [0.25, 0.3) is 0 Å². The van der Waals surface area contributed by atoms with Gasteiger partial charge in [-0.1, -0.05) is 67.1 Å². The van der Waals surface area contributed by atoms with E-state index in [2.05, 4.69) is 103 Å². The van der Waals surface area contributed by atoms with E-state index >= 15 is 0 Å². The van der Waals surface area contributed by atoms with Crippen LogP contribution in [0.1, 0.15) is 60.5 Å². The third kappa shape index (κ3) is 12.0. The Labute approximate surface area is 207 Å². The fourth-order valence-electron chi connectivity index (χ4n) is 3.33. The lowest BCUT2D eigenvalue weighted by molar-refractivity contribution is 0.129. The van der Waals surface area contributed by atoms with E-state index in [1.165, 1.54) is 22.5 Å². The lowest BCUT2D eigenvalue weighted by atomic mass is 10.0. The summed E-state index contributed by atoms with van der Waals surface area (Å²) in [5, 5.41) is 0. The van der Waals surface area contributed by atoms with Crippen LogP contribution in [0.4, 0.5) is 0 Å². The van der Waals surface area contributed by atoms with Gasteiger partial charge in [-0.3, -0.25) is 0 Å². The van der Waals surface area contributed by atoms with Gasteiger partial charge in [0.1, 0.15) is 0 Å². The molecule has 0 spiro atoms. The maximum Gasteiger partial charge on any atom is 0.0645 e. The van der Waals surface area contributed by atoms with Crippen LogP contribution in [0.2, 0.25) is 0 Å². The summed E-state index contributed by atoms with van der Waals surface area (Å²) >= 11 is 3.50. The van der Waals surface area contributed by atoms with Gasteiger partial charge >= 0.3 is 0 Å². The molecule has 1 atom stereocenters. The number of hydrogen-bond donors (Lipinski definition) is 0. The van der Waals surface area contributed by atoms with E-state index in [1.54, 1.807) is 0 Å². The van der Waals surface area contributed by atoms with E-state index < -0.39 is 0 Å². The highest BCUT2D eigenvalue weighted by atomic mass is 79.9. The van der Waals surface area contributed by atoms with Crippen molar-refractivity contribution < 1.29 is 4.74 Å². The van der Waals surface area contributed by atoms with Crippen LogP contribution in [0.15, 0.2) is 64.4 Å². The van der Waals surface area contributed by atoms with E-state index in [0.29, 0.717) is 12.5 Å². The Morgan fingerprint density at radius 2 is 1.75 bits per heavy atom. The van der Waals surface area contributed by atoms with Crippen molar-refractivity contribution in [1.29, 1.82) is 0 Å². The van der Waals surface area contributed by atoms with Crippen molar-refractivity contribution in [3.63, 3.8) is 0 Å². The molecular formula is C28H47BrN2O. The van der Waals surface area contributed by atoms with Crippen LogP contribution < -0.4 is 0 Å². The molecule has 0 aliphatic carbocycles. The van der Waals surface area contributed by atoms with Gasteiger partial charge in [-0.25, -0.2) is 0 Å². The highest BCUT2D eigenvalue weighted by molar-refractivity contribution is 9.10. The van der Waals surface area contributed by atoms with E-state index in [4.69, 9.17) is 4.74 Å². The highest BCUT2D eigenvalue weighted by Crippen LogP contribution is 2.24. The van der Waals surface area contributed by atoms with Crippen molar-refractivity contribution in [2.75, 3.05) is 39.9 Å². The molecule has 0 radical (unpaired) electrons. The Hall–Kier alpha value is -1.36. The molecule has 3 nitrogen and oxygen atoms in total. The molecule has 0 aliphatic heterocycles. The minimum atomic E-state index is 0.404. The highest BCUT2D eigenvalue weighted by Gasteiger charge is 2.18. The van der Waals surface area contributed by atoms with Gasteiger partial charge in [0, 0.05) is 35.6 Å². The van der Waals surface area contributed by atoms with Gasteiger partial charge in [0.05, 0.1) is 6.61 Å². The summed E-state index contributed by atoms with van der Waals surface area (Å²) in [5.41, 5.74) is 5.08. The maximum absolute atomic E-state index is 5.64. The molecule has 0 heterocycles. The smallest absolute Gasteiger partial charge is 0.0645 e. The summed E-state index contributed by atoms with van der Waals surface area (Å²) < 4.78 is 6.77. The van der Waals surface area contributed by atoms with Crippen molar-refractivity contribution in [3.05, 3.63) is 70.0 Å². The Morgan fingerprint density at radius 1 is 1.12 bits per heavy atom. The quantitative estimate of drug-likeness (QED) is 0.190. The number of allylic oxidation sites excluding steroid dienone is 4. The summed E-state index contributed by atoms with van der Waals surface area (Å²) in [6.07, 6.45) is 6.45. The Balaban J connectivity index is 0.00000466. The zero-order valence-electron chi connectivity index (χ0n) is 21.9. The molecule has 0 saturated carbocycles. The van der Waals surface area contributed by atoms with Gasteiger partial charge in [0.2, 0.25) is 0 Å². The van der Waals surface area contributed by atoms with E-state index in [9.17, 15) is 0 Å². The van der Waals surface area contributed by atoms with Crippen molar-refractivity contribution in [1.82, 2.24) is 9.80 Å². The fourth-order valence-corrected chi connectivity index (χ4v) is 3.60. The largest absolute Gasteiger partial charge is 0.380 e. The molecule has 0 fully saturated rings. The maximum atomic E-state index is 5.64. The number of likely N-dealkylation sites (N-methyl/N-ethyl adjacent to an activating group) is 1.